The Morgan fingerprint density at radius 2 is 1.74 bits per heavy atom. The standard InChI is InChI=1S/C26H20FN3O5/c27-18-3-1-2-17(10-18)25(32)29-8-9-30-21(13-29)24(31)28-20-6-4-15(11-19(20)26(30)33)16-5-7-22-23(12-16)35-14-34-22/h1-7,10-12,21H,8-9,13-14H2,(H,28,31)/t21-/m1/s1. The fourth-order valence-corrected chi connectivity index (χ4v) is 4.70. The van der Waals surface area contributed by atoms with Crippen LogP contribution in [0.4, 0.5) is 10.1 Å². The molecule has 0 aliphatic carbocycles. The summed E-state index contributed by atoms with van der Waals surface area (Å²) in [6, 6.07) is 15.4. The van der Waals surface area contributed by atoms with Gasteiger partial charge in [0.2, 0.25) is 12.7 Å². The number of rotatable bonds is 2. The van der Waals surface area contributed by atoms with Gasteiger partial charge in [0.05, 0.1) is 17.8 Å². The van der Waals surface area contributed by atoms with E-state index in [4.69, 9.17) is 9.47 Å². The Labute approximate surface area is 199 Å². The number of nitrogens with zero attached hydrogens (tertiary/aromatic N) is 2. The lowest BCUT2D eigenvalue weighted by atomic mass is 10.0. The number of fused-ring (bicyclic) bond motifs is 3. The third kappa shape index (κ3) is 3.65. The van der Waals surface area contributed by atoms with Gasteiger partial charge in [-0.2, -0.15) is 0 Å². The third-order valence-corrected chi connectivity index (χ3v) is 6.52. The molecule has 1 atom stereocenters. The number of carbonyl (C=O) groups is 3. The van der Waals surface area contributed by atoms with Gasteiger partial charge in [-0.25, -0.2) is 4.39 Å². The molecule has 8 nitrogen and oxygen atoms in total. The molecule has 3 aliphatic heterocycles. The van der Waals surface area contributed by atoms with Crippen molar-refractivity contribution in [1.29, 1.82) is 0 Å². The number of halogens is 1. The lowest BCUT2D eigenvalue weighted by Gasteiger charge is -2.39. The van der Waals surface area contributed by atoms with Crippen molar-refractivity contribution in [2.45, 2.75) is 6.04 Å². The average molecular weight is 473 g/mol. The van der Waals surface area contributed by atoms with Crippen LogP contribution in [-0.4, -0.2) is 60.0 Å². The molecule has 3 aliphatic rings. The summed E-state index contributed by atoms with van der Waals surface area (Å²) in [6.45, 7) is 0.617. The summed E-state index contributed by atoms with van der Waals surface area (Å²) in [7, 11) is 0. The predicted molar refractivity (Wildman–Crippen MR) is 124 cm³/mol. The number of hydrogen-bond acceptors (Lipinski definition) is 5. The van der Waals surface area contributed by atoms with Crippen molar-refractivity contribution in [1.82, 2.24) is 9.80 Å². The Morgan fingerprint density at radius 3 is 2.60 bits per heavy atom. The van der Waals surface area contributed by atoms with Gasteiger partial charge in [0, 0.05) is 18.7 Å². The molecule has 0 radical (unpaired) electrons. The van der Waals surface area contributed by atoms with Gasteiger partial charge in [0.15, 0.2) is 11.5 Å². The van der Waals surface area contributed by atoms with Crippen molar-refractivity contribution in [3.8, 4) is 22.6 Å². The highest BCUT2D eigenvalue weighted by Gasteiger charge is 2.40. The van der Waals surface area contributed by atoms with Crippen LogP contribution in [0.2, 0.25) is 0 Å². The fraction of sp³-hybridized carbons (Fsp3) is 0.192. The van der Waals surface area contributed by atoms with E-state index in [2.05, 4.69) is 5.32 Å². The molecular weight excluding hydrogens is 453 g/mol. The van der Waals surface area contributed by atoms with Crippen LogP contribution in [-0.2, 0) is 4.79 Å². The average Bonchev–Trinajstić information content (AvgIpc) is 3.32. The van der Waals surface area contributed by atoms with Gasteiger partial charge >= 0.3 is 0 Å². The maximum absolute atomic E-state index is 13.6. The van der Waals surface area contributed by atoms with Crippen molar-refractivity contribution < 1.29 is 28.2 Å². The molecule has 0 saturated carbocycles. The Balaban J connectivity index is 1.28. The van der Waals surface area contributed by atoms with Crippen LogP contribution in [0.3, 0.4) is 0 Å². The molecule has 3 amide bonds. The van der Waals surface area contributed by atoms with E-state index in [1.807, 2.05) is 24.3 Å². The minimum absolute atomic E-state index is 0.0237. The van der Waals surface area contributed by atoms with Crippen LogP contribution in [0, 0.1) is 5.82 Å². The third-order valence-electron chi connectivity index (χ3n) is 6.52. The van der Waals surface area contributed by atoms with Gasteiger partial charge < -0.3 is 24.6 Å². The highest BCUT2D eigenvalue weighted by atomic mass is 19.1. The van der Waals surface area contributed by atoms with Crippen molar-refractivity contribution >= 4 is 23.4 Å². The molecule has 6 rings (SSSR count). The number of hydrogen-bond donors (Lipinski definition) is 1. The minimum atomic E-state index is -0.852. The first-order valence-corrected chi connectivity index (χ1v) is 11.2. The van der Waals surface area contributed by atoms with Crippen LogP contribution < -0.4 is 14.8 Å². The van der Waals surface area contributed by atoms with Crippen LogP contribution in [0.15, 0.2) is 60.7 Å². The zero-order valence-corrected chi connectivity index (χ0v) is 18.5. The number of amides is 3. The monoisotopic (exact) mass is 473 g/mol. The van der Waals surface area contributed by atoms with E-state index in [1.54, 1.807) is 12.1 Å². The Kier molecular flexibility index (Phi) is 4.91. The summed E-state index contributed by atoms with van der Waals surface area (Å²) in [5.41, 5.74) is 2.64. The Hall–Kier alpha value is -4.40. The molecule has 0 spiro atoms. The summed E-state index contributed by atoms with van der Waals surface area (Å²) in [5, 5.41) is 2.84. The van der Waals surface area contributed by atoms with E-state index in [9.17, 15) is 18.8 Å². The quantitative estimate of drug-likeness (QED) is 0.618. The summed E-state index contributed by atoms with van der Waals surface area (Å²) < 4.78 is 24.4. The second kappa shape index (κ2) is 8.12. The number of carbonyl (C=O) groups excluding carboxylic acids is 3. The molecule has 0 bridgehead atoms. The van der Waals surface area contributed by atoms with E-state index < -0.39 is 11.9 Å². The van der Waals surface area contributed by atoms with Gasteiger partial charge in [-0.3, -0.25) is 14.4 Å². The maximum atomic E-state index is 13.6. The highest BCUT2D eigenvalue weighted by Crippen LogP contribution is 2.37. The van der Waals surface area contributed by atoms with E-state index in [1.165, 1.54) is 34.1 Å². The van der Waals surface area contributed by atoms with Gasteiger partial charge in [-0.05, 0) is 53.6 Å². The number of ether oxygens (including phenoxy) is 2. The number of anilines is 1. The minimum Gasteiger partial charge on any atom is -0.454 e. The van der Waals surface area contributed by atoms with Crippen LogP contribution in [0.1, 0.15) is 20.7 Å². The van der Waals surface area contributed by atoms with E-state index in [0.717, 1.165) is 11.1 Å². The van der Waals surface area contributed by atoms with E-state index >= 15 is 0 Å². The second-order valence-corrected chi connectivity index (χ2v) is 8.59. The van der Waals surface area contributed by atoms with Crippen molar-refractivity contribution in [2.75, 3.05) is 31.7 Å². The summed E-state index contributed by atoms with van der Waals surface area (Å²) in [5.74, 6) is -0.244. The largest absolute Gasteiger partial charge is 0.454 e. The van der Waals surface area contributed by atoms with Crippen molar-refractivity contribution in [3.63, 3.8) is 0 Å². The molecule has 0 aromatic heterocycles. The zero-order valence-electron chi connectivity index (χ0n) is 18.5. The van der Waals surface area contributed by atoms with Crippen molar-refractivity contribution in [3.05, 3.63) is 77.6 Å². The number of nitrogens with one attached hydrogen (secondary N) is 1. The molecule has 1 saturated heterocycles. The van der Waals surface area contributed by atoms with Gasteiger partial charge in [0.25, 0.3) is 11.8 Å². The first-order chi connectivity index (χ1) is 17.0. The molecule has 1 N–H and O–H groups in total. The molecule has 3 heterocycles. The molecule has 176 valence electrons. The van der Waals surface area contributed by atoms with Gasteiger partial charge in [0.1, 0.15) is 11.9 Å². The van der Waals surface area contributed by atoms with Gasteiger partial charge in [-0.15, -0.1) is 0 Å². The molecular formula is C26H20FN3O5. The smallest absolute Gasteiger partial charge is 0.256 e. The zero-order chi connectivity index (χ0) is 24.1. The SMILES string of the molecule is O=C1Nc2ccc(-c3ccc4c(c3)OCO4)cc2C(=O)N2CCN(C(=O)c3cccc(F)c3)C[C@H]12. The lowest BCUT2D eigenvalue weighted by molar-refractivity contribution is -0.121. The first kappa shape index (κ1) is 21.2. The Morgan fingerprint density at radius 1 is 0.943 bits per heavy atom. The second-order valence-electron chi connectivity index (χ2n) is 8.59. The predicted octanol–water partition coefficient (Wildman–Crippen LogP) is 3.14. The first-order valence-electron chi connectivity index (χ1n) is 11.2. The number of piperazine rings is 1. The number of benzene rings is 3. The van der Waals surface area contributed by atoms with E-state index in [0.29, 0.717) is 22.7 Å². The normalized spacial score (nSPS) is 18.5. The molecule has 3 aromatic rings. The molecule has 0 unspecified atom stereocenters. The van der Waals surface area contributed by atoms with Gasteiger partial charge in [-0.1, -0.05) is 18.2 Å². The molecule has 35 heavy (non-hydrogen) atoms. The van der Waals surface area contributed by atoms with Crippen molar-refractivity contribution in [2.24, 2.45) is 0 Å². The van der Waals surface area contributed by atoms with Crippen LogP contribution in [0.25, 0.3) is 11.1 Å². The summed E-state index contributed by atoms with van der Waals surface area (Å²) in [6.07, 6.45) is 0. The fourth-order valence-electron chi connectivity index (χ4n) is 4.70. The Bertz CT molecular complexity index is 1390. The summed E-state index contributed by atoms with van der Waals surface area (Å²) >= 11 is 0. The summed E-state index contributed by atoms with van der Waals surface area (Å²) in [4.78, 5) is 42.5. The molecule has 3 aromatic carbocycles. The maximum Gasteiger partial charge on any atom is 0.256 e. The molecule has 1 fully saturated rings. The van der Waals surface area contributed by atoms with Crippen LogP contribution >= 0.6 is 0 Å². The van der Waals surface area contributed by atoms with E-state index in [-0.39, 0.29) is 49.7 Å². The van der Waals surface area contributed by atoms with Crippen LogP contribution in [0.5, 0.6) is 11.5 Å². The highest BCUT2D eigenvalue weighted by molar-refractivity contribution is 6.11. The lowest BCUT2D eigenvalue weighted by Crippen LogP contribution is -2.59. The molecule has 9 heteroatoms. The topological polar surface area (TPSA) is 88.2 Å².